The molecule has 0 fully saturated rings. The van der Waals surface area contributed by atoms with Crippen LogP contribution in [0.3, 0.4) is 0 Å². The first kappa shape index (κ1) is 23.5. The minimum atomic E-state index is -0.400. The SMILES string of the molecule is COc1ccc(/C=C(\NC(=O)c2ccccc2)C(=O)NC(c2ccccc2)c2ccccc2)cc1. The van der Waals surface area contributed by atoms with E-state index < -0.39 is 11.9 Å². The summed E-state index contributed by atoms with van der Waals surface area (Å²) in [7, 11) is 1.59. The van der Waals surface area contributed by atoms with Crippen molar-refractivity contribution in [1.29, 1.82) is 0 Å². The van der Waals surface area contributed by atoms with Gasteiger partial charge in [0.1, 0.15) is 11.4 Å². The summed E-state index contributed by atoms with van der Waals surface area (Å²) in [4.78, 5) is 26.5. The second-order valence-corrected chi connectivity index (χ2v) is 7.88. The van der Waals surface area contributed by atoms with Crippen LogP contribution in [-0.4, -0.2) is 18.9 Å². The maximum Gasteiger partial charge on any atom is 0.268 e. The second-order valence-electron chi connectivity index (χ2n) is 7.88. The standard InChI is InChI=1S/C30H26N2O3/c1-35-26-19-17-22(18-20-26)21-27(31-29(33)25-15-9-4-10-16-25)30(34)32-28(23-11-5-2-6-12-23)24-13-7-3-8-14-24/h2-21,28H,1H3,(H,31,33)(H,32,34)/b27-21-. The van der Waals surface area contributed by atoms with Crippen molar-refractivity contribution in [3.63, 3.8) is 0 Å². The molecule has 0 spiro atoms. The molecule has 0 radical (unpaired) electrons. The van der Waals surface area contributed by atoms with E-state index in [9.17, 15) is 9.59 Å². The van der Waals surface area contributed by atoms with Gasteiger partial charge >= 0.3 is 0 Å². The van der Waals surface area contributed by atoms with Gasteiger partial charge in [0.15, 0.2) is 0 Å². The van der Waals surface area contributed by atoms with Crippen LogP contribution in [0.15, 0.2) is 121 Å². The number of ether oxygens (including phenoxy) is 1. The Morgan fingerprint density at radius 2 is 1.23 bits per heavy atom. The maximum atomic E-state index is 13.6. The Bertz CT molecular complexity index is 1250. The van der Waals surface area contributed by atoms with Crippen molar-refractivity contribution in [2.24, 2.45) is 0 Å². The van der Waals surface area contributed by atoms with Crippen LogP contribution in [0.25, 0.3) is 6.08 Å². The fourth-order valence-electron chi connectivity index (χ4n) is 3.67. The number of amides is 2. The number of carbonyl (C=O) groups is 2. The van der Waals surface area contributed by atoms with Gasteiger partial charge in [-0.05, 0) is 47.0 Å². The number of hydrogen-bond donors (Lipinski definition) is 2. The number of nitrogens with one attached hydrogen (secondary N) is 2. The minimum absolute atomic E-state index is 0.140. The summed E-state index contributed by atoms with van der Waals surface area (Å²) >= 11 is 0. The number of benzene rings is 4. The van der Waals surface area contributed by atoms with Gasteiger partial charge in [-0.3, -0.25) is 9.59 Å². The molecule has 0 aromatic heterocycles. The summed E-state index contributed by atoms with van der Waals surface area (Å²) in [5.41, 5.74) is 3.22. The second kappa shape index (κ2) is 11.5. The third kappa shape index (κ3) is 6.24. The van der Waals surface area contributed by atoms with Crippen LogP contribution < -0.4 is 15.4 Å². The molecule has 0 unspecified atom stereocenters. The first-order valence-electron chi connectivity index (χ1n) is 11.3. The molecule has 2 amide bonds. The number of rotatable bonds is 8. The van der Waals surface area contributed by atoms with Crippen molar-refractivity contribution in [3.8, 4) is 5.75 Å². The van der Waals surface area contributed by atoms with E-state index in [1.54, 1.807) is 49.6 Å². The molecule has 5 heteroatoms. The third-order valence-corrected chi connectivity index (χ3v) is 5.50. The zero-order valence-corrected chi connectivity index (χ0v) is 19.3. The molecular weight excluding hydrogens is 436 g/mol. The van der Waals surface area contributed by atoms with Crippen molar-refractivity contribution in [3.05, 3.63) is 143 Å². The zero-order valence-electron chi connectivity index (χ0n) is 19.3. The molecule has 0 saturated heterocycles. The van der Waals surface area contributed by atoms with Gasteiger partial charge < -0.3 is 15.4 Å². The predicted molar refractivity (Wildman–Crippen MR) is 138 cm³/mol. The van der Waals surface area contributed by atoms with E-state index in [0.717, 1.165) is 16.7 Å². The third-order valence-electron chi connectivity index (χ3n) is 5.50. The first-order chi connectivity index (χ1) is 17.1. The smallest absolute Gasteiger partial charge is 0.268 e. The molecule has 0 aliphatic heterocycles. The fourth-order valence-corrected chi connectivity index (χ4v) is 3.67. The molecule has 0 atom stereocenters. The van der Waals surface area contributed by atoms with Gasteiger partial charge in [0.2, 0.25) is 0 Å². The van der Waals surface area contributed by atoms with Crippen LogP contribution in [0.1, 0.15) is 33.1 Å². The lowest BCUT2D eigenvalue weighted by Gasteiger charge is -2.21. The van der Waals surface area contributed by atoms with E-state index in [-0.39, 0.29) is 11.6 Å². The highest BCUT2D eigenvalue weighted by atomic mass is 16.5. The lowest BCUT2D eigenvalue weighted by molar-refractivity contribution is -0.118. The van der Waals surface area contributed by atoms with Crippen molar-refractivity contribution in [1.82, 2.24) is 10.6 Å². The van der Waals surface area contributed by atoms with Gasteiger partial charge in [-0.2, -0.15) is 0 Å². The van der Waals surface area contributed by atoms with Crippen molar-refractivity contribution < 1.29 is 14.3 Å². The quantitative estimate of drug-likeness (QED) is 0.346. The molecule has 4 aromatic rings. The highest BCUT2D eigenvalue weighted by Gasteiger charge is 2.21. The summed E-state index contributed by atoms with van der Waals surface area (Å²) < 4.78 is 5.22. The van der Waals surface area contributed by atoms with E-state index in [2.05, 4.69) is 10.6 Å². The normalized spacial score (nSPS) is 11.1. The Morgan fingerprint density at radius 1 is 0.714 bits per heavy atom. The summed E-state index contributed by atoms with van der Waals surface area (Å²) in [5.74, 6) is -0.0611. The molecule has 5 nitrogen and oxygen atoms in total. The number of carbonyl (C=O) groups excluding carboxylic acids is 2. The van der Waals surface area contributed by atoms with Gasteiger partial charge in [0.25, 0.3) is 11.8 Å². The number of hydrogen-bond acceptors (Lipinski definition) is 3. The Morgan fingerprint density at radius 3 is 1.74 bits per heavy atom. The van der Waals surface area contributed by atoms with E-state index >= 15 is 0 Å². The Kier molecular flexibility index (Phi) is 7.71. The van der Waals surface area contributed by atoms with Gasteiger partial charge in [-0.15, -0.1) is 0 Å². The molecule has 0 bridgehead atoms. The maximum absolute atomic E-state index is 13.6. The Balaban J connectivity index is 1.67. The highest BCUT2D eigenvalue weighted by Crippen LogP contribution is 2.22. The van der Waals surface area contributed by atoms with Crippen LogP contribution in [0.5, 0.6) is 5.75 Å². The molecule has 0 aliphatic rings. The predicted octanol–water partition coefficient (Wildman–Crippen LogP) is 5.37. The van der Waals surface area contributed by atoms with E-state index in [0.29, 0.717) is 11.3 Å². The highest BCUT2D eigenvalue weighted by molar-refractivity contribution is 6.05. The lowest BCUT2D eigenvalue weighted by Crippen LogP contribution is -2.37. The Labute approximate surface area is 205 Å². The molecular formula is C30H26N2O3. The fraction of sp³-hybridized carbons (Fsp3) is 0.0667. The zero-order chi connectivity index (χ0) is 24.5. The monoisotopic (exact) mass is 462 g/mol. The van der Waals surface area contributed by atoms with Crippen LogP contribution >= 0.6 is 0 Å². The lowest BCUT2D eigenvalue weighted by atomic mass is 9.98. The van der Waals surface area contributed by atoms with Gasteiger partial charge in [-0.1, -0.05) is 91.0 Å². The topological polar surface area (TPSA) is 67.4 Å². The minimum Gasteiger partial charge on any atom is -0.497 e. The summed E-state index contributed by atoms with van der Waals surface area (Å²) in [6, 6.07) is 35.1. The van der Waals surface area contributed by atoms with Gasteiger partial charge in [0, 0.05) is 5.56 Å². The summed E-state index contributed by atoms with van der Waals surface area (Å²) in [6.07, 6.45) is 1.66. The summed E-state index contributed by atoms with van der Waals surface area (Å²) in [6.45, 7) is 0. The van der Waals surface area contributed by atoms with Crippen molar-refractivity contribution >= 4 is 17.9 Å². The van der Waals surface area contributed by atoms with Crippen molar-refractivity contribution in [2.75, 3.05) is 7.11 Å². The molecule has 0 heterocycles. The molecule has 2 N–H and O–H groups in total. The molecule has 4 aromatic carbocycles. The molecule has 174 valence electrons. The Hall–Kier alpha value is -4.64. The van der Waals surface area contributed by atoms with Crippen LogP contribution in [0.4, 0.5) is 0 Å². The van der Waals surface area contributed by atoms with Crippen molar-refractivity contribution in [2.45, 2.75) is 6.04 Å². The van der Waals surface area contributed by atoms with Crippen LogP contribution in [0, 0.1) is 0 Å². The first-order valence-corrected chi connectivity index (χ1v) is 11.3. The molecule has 4 rings (SSSR count). The van der Waals surface area contributed by atoms with E-state index in [1.807, 2.05) is 78.9 Å². The number of methoxy groups -OCH3 is 1. The largest absolute Gasteiger partial charge is 0.497 e. The van der Waals surface area contributed by atoms with E-state index in [1.165, 1.54) is 0 Å². The van der Waals surface area contributed by atoms with Crippen LogP contribution in [0.2, 0.25) is 0 Å². The molecule has 0 saturated carbocycles. The summed E-state index contributed by atoms with van der Waals surface area (Å²) in [5, 5.41) is 5.90. The molecule has 0 aliphatic carbocycles. The van der Waals surface area contributed by atoms with Gasteiger partial charge in [-0.25, -0.2) is 0 Å². The average Bonchev–Trinajstić information content (AvgIpc) is 2.93. The van der Waals surface area contributed by atoms with Crippen LogP contribution in [-0.2, 0) is 4.79 Å². The average molecular weight is 463 g/mol. The van der Waals surface area contributed by atoms with E-state index in [4.69, 9.17) is 4.74 Å². The van der Waals surface area contributed by atoms with Gasteiger partial charge in [0.05, 0.1) is 13.2 Å². The molecule has 35 heavy (non-hydrogen) atoms.